The van der Waals surface area contributed by atoms with Crippen LogP contribution in [0, 0.1) is 6.92 Å². The number of ether oxygens (including phenoxy) is 3. The van der Waals surface area contributed by atoms with Gasteiger partial charge in [0.05, 0.1) is 32.3 Å². The van der Waals surface area contributed by atoms with Crippen LogP contribution in [-0.4, -0.2) is 42.7 Å². The van der Waals surface area contributed by atoms with Gasteiger partial charge in [0.25, 0.3) is 5.91 Å². The summed E-state index contributed by atoms with van der Waals surface area (Å²) < 4.78 is 17.8. The van der Waals surface area contributed by atoms with E-state index in [1.807, 2.05) is 19.1 Å². The molecule has 0 aliphatic heterocycles. The van der Waals surface area contributed by atoms with E-state index in [1.54, 1.807) is 42.0 Å². The molecule has 3 aromatic rings. The smallest absolute Gasteiger partial charge is 0.310 e. The molecule has 0 unspecified atom stereocenters. The second-order valence-electron chi connectivity index (χ2n) is 11.7. The van der Waals surface area contributed by atoms with E-state index in [9.17, 15) is 14.4 Å². The Morgan fingerprint density at radius 1 is 0.771 bits per heavy atom. The molecule has 0 atom stereocenters. The van der Waals surface area contributed by atoms with Gasteiger partial charge in [0.15, 0.2) is 0 Å². The summed E-state index contributed by atoms with van der Waals surface area (Å²) in [6.07, 6.45) is 23.6. The Labute approximate surface area is 290 Å². The van der Waals surface area contributed by atoms with Crippen molar-refractivity contribution in [2.45, 2.75) is 90.9 Å². The SMILES string of the molecule is CCCCCC=CCC=CCC=CCCCCC(=O)OCCCOC(=O)Cc1c(C)n(C(=O)c2ccc(Cl)cc2)c2ccc(OC)cc12. The normalized spacial score (nSPS) is 11.7. The molecular weight excluding hydrogens is 626 g/mol. The van der Waals surface area contributed by atoms with Crippen LogP contribution in [0.1, 0.15) is 99.2 Å². The molecule has 8 heteroatoms. The van der Waals surface area contributed by atoms with Crippen molar-refractivity contribution in [3.05, 3.63) is 101 Å². The quantitative estimate of drug-likeness (QED) is 0.0635. The number of allylic oxidation sites excluding steroid dienone is 6. The summed E-state index contributed by atoms with van der Waals surface area (Å²) in [6.45, 7) is 4.36. The Bertz CT molecular complexity index is 1550. The first-order valence-electron chi connectivity index (χ1n) is 17.1. The first-order chi connectivity index (χ1) is 23.3. The van der Waals surface area contributed by atoms with Crippen LogP contribution in [0.2, 0.25) is 5.02 Å². The van der Waals surface area contributed by atoms with Gasteiger partial charge < -0.3 is 14.2 Å². The fourth-order valence-corrected chi connectivity index (χ4v) is 5.44. The number of hydrogen-bond acceptors (Lipinski definition) is 6. The Morgan fingerprint density at radius 3 is 2.04 bits per heavy atom. The summed E-state index contributed by atoms with van der Waals surface area (Å²) in [7, 11) is 1.57. The van der Waals surface area contributed by atoms with Crippen LogP contribution in [0.25, 0.3) is 10.9 Å². The van der Waals surface area contributed by atoms with E-state index in [4.69, 9.17) is 25.8 Å². The number of esters is 2. The number of carbonyl (C=O) groups is 3. The molecule has 0 spiro atoms. The van der Waals surface area contributed by atoms with Crippen molar-refractivity contribution < 1.29 is 28.6 Å². The topological polar surface area (TPSA) is 83.8 Å². The predicted molar refractivity (Wildman–Crippen MR) is 194 cm³/mol. The third-order valence-corrected chi connectivity index (χ3v) is 8.24. The number of fused-ring (bicyclic) bond motifs is 1. The lowest BCUT2D eigenvalue weighted by Crippen LogP contribution is -2.15. The van der Waals surface area contributed by atoms with Gasteiger partial charge in [-0.25, -0.2) is 0 Å². The Morgan fingerprint density at radius 2 is 1.40 bits per heavy atom. The molecule has 0 saturated heterocycles. The average Bonchev–Trinajstić information content (AvgIpc) is 3.35. The van der Waals surface area contributed by atoms with E-state index < -0.39 is 5.97 Å². The van der Waals surface area contributed by atoms with Gasteiger partial charge in [-0.05, 0) is 99.9 Å². The van der Waals surface area contributed by atoms with Crippen LogP contribution in [0.4, 0.5) is 0 Å². The van der Waals surface area contributed by atoms with E-state index in [2.05, 4.69) is 43.4 Å². The van der Waals surface area contributed by atoms with Gasteiger partial charge in [-0.15, -0.1) is 0 Å². The third kappa shape index (κ3) is 12.8. The molecule has 1 heterocycles. The first kappa shape index (κ1) is 38.3. The summed E-state index contributed by atoms with van der Waals surface area (Å²) in [5, 5.41) is 1.28. The number of methoxy groups -OCH3 is 1. The summed E-state index contributed by atoms with van der Waals surface area (Å²) in [4.78, 5) is 38.4. The highest BCUT2D eigenvalue weighted by Crippen LogP contribution is 2.31. The summed E-state index contributed by atoms with van der Waals surface area (Å²) >= 11 is 6.01. The summed E-state index contributed by atoms with van der Waals surface area (Å²) in [6, 6.07) is 12.1. The van der Waals surface area contributed by atoms with Crippen LogP contribution >= 0.6 is 11.6 Å². The van der Waals surface area contributed by atoms with Crippen molar-refractivity contribution in [2.75, 3.05) is 20.3 Å². The van der Waals surface area contributed by atoms with Gasteiger partial charge in [-0.3, -0.25) is 19.0 Å². The molecule has 0 aliphatic rings. The molecule has 0 aliphatic carbocycles. The van der Waals surface area contributed by atoms with Gasteiger partial charge in [0, 0.05) is 34.5 Å². The molecule has 0 radical (unpaired) electrons. The maximum absolute atomic E-state index is 13.5. The monoisotopic (exact) mass is 675 g/mol. The number of carbonyl (C=O) groups excluding carboxylic acids is 3. The van der Waals surface area contributed by atoms with Crippen molar-refractivity contribution in [1.29, 1.82) is 0 Å². The summed E-state index contributed by atoms with van der Waals surface area (Å²) in [5.41, 5.74) is 2.48. The van der Waals surface area contributed by atoms with Gasteiger partial charge >= 0.3 is 11.9 Å². The maximum atomic E-state index is 13.5. The highest BCUT2D eigenvalue weighted by molar-refractivity contribution is 6.30. The largest absolute Gasteiger partial charge is 0.497 e. The predicted octanol–water partition coefficient (Wildman–Crippen LogP) is 9.91. The van der Waals surface area contributed by atoms with E-state index in [0.29, 0.717) is 46.0 Å². The van der Waals surface area contributed by atoms with Crippen LogP contribution in [0.5, 0.6) is 5.75 Å². The van der Waals surface area contributed by atoms with Crippen LogP contribution in [0.3, 0.4) is 0 Å². The highest BCUT2D eigenvalue weighted by Gasteiger charge is 2.22. The van der Waals surface area contributed by atoms with Crippen molar-refractivity contribution in [1.82, 2.24) is 4.57 Å². The van der Waals surface area contributed by atoms with Crippen molar-refractivity contribution in [3.8, 4) is 5.75 Å². The molecule has 0 bridgehead atoms. The molecule has 0 fully saturated rings. The first-order valence-corrected chi connectivity index (χ1v) is 17.5. The molecule has 1 aromatic heterocycles. The Kier molecular flexibility index (Phi) is 17.3. The molecule has 0 saturated carbocycles. The molecular formula is C40H50ClNO6. The van der Waals surface area contributed by atoms with E-state index >= 15 is 0 Å². The number of unbranched alkanes of at least 4 members (excludes halogenated alkanes) is 5. The maximum Gasteiger partial charge on any atom is 0.310 e. The van der Waals surface area contributed by atoms with Gasteiger partial charge in [0.2, 0.25) is 0 Å². The van der Waals surface area contributed by atoms with Crippen molar-refractivity contribution >= 4 is 40.3 Å². The highest BCUT2D eigenvalue weighted by atomic mass is 35.5. The minimum absolute atomic E-state index is 0.0164. The number of nitrogens with zero attached hydrogens (tertiary/aromatic N) is 1. The van der Waals surface area contributed by atoms with Crippen molar-refractivity contribution in [2.24, 2.45) is 0 Å². The second-order valence-corrected chi connectivity index (χ2v) is 12.1. The number of halogens is 1. The fraction of sp³-hybridized carbons (Fsp3) is 0.425. The van der Waals surface area contributed by atoms with E-state index in [-0.39, 0.29) is 31.5 Å². The molecule has 0 N–H and O–H groups in total. The molecule has 7 nitrogen and oxygen atoms in total. The minimum Gasteiger partial charge on any atom is -0.497 e. The molecule has 258 valence electrons. The molecule has 3 rings (SSSR count). The van der Waals surface area contributed by atoms with Crippen LogP contribution in [-0.2, 0) is 25.5 Å². The minimum atomic E-state index is -0.427. The second kappa shape index (κ2) is 21.7. The molecule has 2 aromatic carbocycles. The zero-order valence-corrected chi connectivity index (χ0v) is 29.4. The van der Waals surface area contributed by atoms with Crippen molar-refractivity contribution in [3.63, 3.8) is 0 Å². The number of rotatable bonds is 21. The Balaban J connectivity index is 1.35. The third-order valence-electron chi connectivity index (χ3n) is 7.99. The van der Waals surface area contributed by atoms with Crippen LogP contribution in [0.15, 0.2) is 78.9 Å². The number of benzene rings is 2. The van der Waals surface area contributed by atoms with Crippen LogP contribution < -0.4 is 4.74 Å². The van der Waals surface area contributed by atoms with E-state index in [1.165, 1.54) is 25.7 Å². The standard InChI is InChI=1S/C40H50ClNO6/c1-4-5-6-7-8-9-10-11-12-13-14-15-16-17-18-20-38(43)47-27-19-28-48-39(44)30-35-31(2)42(37-26-25-34(46-3)29-36(35)37)40(45)32-21-23-33(41)24-22-32/h8-9,11-12,14-15,21-26,29H,4-7,10,13,16-20,27-28,30H2,1-3H3. The van der Waals surface area contributed by atoms with Gasteiger partial charge in [-0.1, -0.05) is 67.8 Å². The lowest BCUT2D eigenvalue weighted by atomic mass is 10.1. The lowest BCUT2D eigenvalue weighted by Gasteiger charge is -2.08. The average molecular weight is 676 g/mol. The zero-order chi connectivity index (χ0) is 34.6. The summed E-state index contributed by atoms with van der Waals surface area (Å²) in [5.74, 6) is -0.273. The lowest BCUT2D eigenvalue weighted by molar-refractivity contribution is -0.145. The van der Waals surface area contributed by atoms with E-state index in [0.717, 1.165) is 37.5 Å². The molecule has 0 amide bonds. The van der Waals surface area contributed by atoms with Gasteiger partial charge in [0.1, 0.15) is 5.75 Å². The molecule has 48 heavy (non-hydrogen) atoms. The fourth-order valence-electron chi connectivity index (χ4n) is 5.32. The number of hydrogen-bond donors (Lipinski definition) is 0. The zero-order valence-electron chi connectivity index (χ0n) is 28.7. The Hall–Kier alpha value is -4.10. The number of aromatic nitrogens is 1. The van der Waals surface area contributed by atoms with Gasteiger partial charge in [-0.2, -0.15) is 0 Å².